The highest BCUT2D eigenvalue weighted by Crippen LogP contribution is 2.78. The SMILES string of the molecule is CCOC(=O)NC[C@@H](CN[C@]12CC[C@@H](C3(C)CC3)[C@@H]1[C@H]1CC[C@@H]3[C@@]4(C)CC[C@H](OC(=O)[C@H]5C[C@@H](C(=O)O)C5(C)C)C(C)(C)[C@@H]4CC[C@@]3(C)[C@]1(C)CC2)N1CCS(=O)(=O)CC1. The minimum atomic E-state index is -3.04. The van der Waals surface area contributed by atoms with E-state index in [1.165, 1.54) is 51.4 Å². The second-order valence-electron chi connectivity index (χ2n) is 23.8. The van der Waals surface area contributed by atoms with Crippen LogP contribution < -0.4 is 10.6 Å². The third kappa shape index (κ3) is 6.98. The molecule has 1 amide bonds. The van der Waals surface area contributed by atoms with Crippen molar-refractivity contribution in [3.05, 3.63) is 0 Å². The van der Waals surface area contributed by atoms with E-state index in [0.717, 1.165) is 25.7 Å². The maximum Gasteiger partial charge on any atom is 0.407 e. The summed E-state index contributed by atoms with van der Waals surface area (Å²) in [7, 11) is -3.04. The van der Waals surface area contributed by atoms with Gasteiger partial charge in [0.1, 0.15) is 6.10 Å². The van der Waals surface area contributed by atoms with Crippen LogP contribution in [-0.2, 0) is 28.9 Å². The molecule has 8 rings (SSSR count). The quantitative estimate of drug-likeness (QED) is 0.176. The smallest absolute Gasteiger partial charge is 0.407 e. The fourth-order valence-electron chi connectivity index (χ4n) is 16.5. The number of ether oxygens (including phenoxy) is 2. The summed E-state index contributed by atoms with van der Waals surface area (Å²) in [5.41, 5.74) is 0.189. The zero-order valence-corrected chi connectivity index (χ0v) is 39.3. The first-order valence-corrected chi connectivity index (χ1v) is 25.8. The molecule has 0 aromatic heterocycles. The molecule has 1 heterocycles. The lowest BCUT2D eigenvalue weighted by molar-refractivity contribution is -0.249. The van der Waals surface area contributed by atoms with Crippen LogP contribution in [0.4, 0.5) is 4.79 Å². The maximum absolute atomic E-state index is 13.7. The number of carboxylic acids is 1. The van der Waals surface area contributed by atoms with Gasteiger partial charge in [-0.1, -0.05) is 55.4 Å². The van der Waals surface area contributed by atoms with Crippen LogP contribution >= 0.6 is 0 Å². The van der Waals surface area contributed by atoms with Crippen molar-refractivity contribution in [3.63, 3.8) is 0 Å². The van der Waals surface area contributed by atoms with E-state index in [1.807, 2.05) is 20.8 Å². The van der Waals surface area contributed by atoms with Crippen LogP contribution in [0.15, 0.2) is 0 Å². The van der Waals surface area contributed by atoms with Crippen LogP contribution in [-0.4, -0.2) is 98.4 Å². The van der Waals surface area contributed by atoms with Gasteiger partial charge in [-0.2, -0.15) is 0 Å². The van der Waals surface area contributed by atoms with Crippen molar-refractivity contribution in [2.45, 2.75) is 163 Å². The van der Waals surface area contributed by atoms with Crippen LogP contribution in [0.2, 0.25) is 0 Å². The van der Waals surface area contributed by atoms with Gasteiger partial charge < -0.3 is 25.2 Å². The zero-order chi connectivity index (χ0) is 43.5. The van der Waals surface area contributed by atoms with E-state index < -0.39 is 33.2 Å². The van der Waals surface area contributed by atoms with Crippen molar-refractivity contribution in [2.75, 3.05) is 44.3 Å². The van der Waals surface area contributed by atoms with Crippen molar-refractivity contribution < 1.29 is 37.4 Å². The Labute approximate surface area is 361 Å². The van der Waals surface area contributed by atoms with Crippen molar-refractivity contribution >= 4 is 27.9 Å². The van der Waals surface area contributed by atoms with Gasteiger partial charge in [-0.3, -0.25) is 14.5 Å². The number of carbonyl (C=O) groups is 3. The molecule has 1 aliphatic heterocycles. The lowest BCUT2D eigenvalue weighted by Gasteiger charge is -2.73. The number of hydrogen-bond donors (Lipinski definition) is 3. The number of nitrogens with zero attached hydrogens (tertiary/aromatic N) is 1. The Morgan fingerprint density at radius 3 is 2.08 bits per heavy atom. The Hall–Kier alpha value is -1.92. The number of aliphatic carboxylic acids is 1. The van der Waals surface area contributed by atoms with Crippen LogP contribution in [0, 0.1) is 73.9 Å². The third-order valence-electron chi connectivity index (χ3n) is 20.8. The molecule has 1 saturated heterocycles. The molecule has 0 aromatic carbocycles. The maximum atomic E-state index is 13.7. The van der Waals surface area contributed by atoms with Crippen molar-refractivity contribution in [1.82, 2.24) is 15.5 Å². The van der Waals surface area contributed by atoms with E-state index in [2.05, 4.69) is 57.1 Å². The number of amides is 1. The van der Waals surface area contributed by atoms with E-state index in [4.69, 9.17) is 9.47 Å². The summed E-state index contributed by atoms with van der Waals surface area (Å²) in [6.07, 6.45) is 14.0. The Kier molecular flexibility index (Phi) is 11.2. The number of nitrogens with one attached hydrogen (secondary N) is 2. The number of sulfone groups is 1. The van der Waals surface area contributed by atoms with Gasteiger partial charge in [0.15, 0.2) is 9.84 Å². The molecule has 8 aliphatic rings. The largest absolute Gasteiger partial charge is 0.481 e. The predicted octanol–water partition coefficient (Wildman–Crippen LogP) is 7.71. The second kappa shape index (κ2) is 15.1. The Morgan fingerprint density at radius 1 is 0.750 bits per heavy atom. The van der Waals surface area contributed by atoms with Gasteiger partial charge in [-0.05, 0) is 147 Å². The molecule has 0 bridgehead atoms. The standard InChI is InChI=1S/C48H79N3O8S/c1-10-58-41(55)49-28-30(51-23-25-60(56,57)26-24-51)29-50-48-18-13-31(44(6)19-20-44)38(48)32-11-12-36-45(7)16-15-37(59-40(54)34-27-33(39(52)53)42(34,2)3)43(4,5)35(45)14-17-47(36,9)46(32,8)21-22-48/h30-38,50H,10-29H2,1-9H3,(H,49,55)(H,52,53)/t30-,31+,32+,33-,34+,35-,36+,37-,38+,45-,46+,47+,48-/m0/s1. The van der Waals surface area contributed by atoms with Gasteiger partial charge in [0.2, 0.25) is 0 Å². The van der Waals surface area contributed by atoms with Gasteiger partial charge >= 0.3 is 18.0 Å². The number of esters is 1. The van der Waals surface area contributed by atoms with Gasteiger partial charge in [0.25, 0.3) is 0 Å². The molecule has 0 unspecified atom stereocenters. The molecule has 3 N–H and O–H groups in total. The van der Waals surface area contributed by atoms with Gasteiger partial charge in [-0.25, -0.2) is 13.2 Å². The minimum absolute atomic E-state index is 0.0214. The number of alkyl carbamates (subject to hydrolysis) is 1. The molecule has 7 saturated carbocycles. The Balaban J connectivity index is 1.02. The Bertz CT molecular complexity index is 1800. The predicted molar refractivity (Wildman–Crippen MR) is 232 cm³/mol. The molecular formula is C48H79N3O8S. The normalized spacial score (nSPS) is 45.0. The molecule has 11 nitrogen and oxygen atoms in total. The lowest BCUT2D eigenvalue weighted by atomic mass is 9.32. The molecule has 0 radical (unpaired) electrons. The average molecular weight is 858 g/mol. The molecule has 8 fully saturated rings. The van der Waals surface area contributed by atoms with E-state index in [0.29, 0.717) is 74.2 Å². The fourth-order valence-corrected chi connectivity index (χ4v) is 17.8. The molecule has 0 aromatic rings. The number of carbonyl (C=O) groups excluding carboxylic acids is 2. The van der Waals surface area contributed by atoms with Crippen LogP contribution in [0.1, 0.15) is 146 Å². The minimum Gasteiger partial charge on any atom is -0.481 e. The highest BCUT2D eigenvalue weighted by molar-refractivity contribution is 7.91. The number of carboxylic acid groups (broad SMARTS) is 1. The Morgan fingerprint density at radius 2 is 1.45 bits per heavy atom. The van der Waals surface area contributed by atoms with E-state index in [1.54, 1.807) is 0 Å². The van der Waals surface area contributed by atoms with Crippen LogP contribution in [0.25, 0.3) is 0 Å². The summed E-state index contributed by atoms with van der Waals surface area (Å²) in [5, 5.41) is 17.0. The molecule has 60 heavy (non-hydrogen) atoms. The number of rotatable bonds is 11. The summed E-state index contributed by atoms with van der Waals surface area (Å²) < 4.78 is 36.6. The first-order valence-electron chi connectivity index (χ1n) is 24.0. The summed E-state index contributed by atoms with van der Waals surface area (Å²) in [5.74, 6) is 1.35. The number of hydrogen-bond acceptors (Lipinski definition) is 9. The number of fused-ring (bicyclic) bond motifs is 7. The van der Waals surface area contributed by atoms with Crippen LogP contribution in [0.5, 0.6) is 0 Å². The molecule has 340 valence electrons. The highest BCUT2D eigenvalue weighted by atomic mass is 32.2. The molecule has 0 spiro atoms. The summed E-state index contributed by atoms with van der Waals surface area (Å²) in [4.78, 5) is 40.3. The first kappa shape index (κ1) is 44.7. The summed E-state index contributed by atoms with van der Waals surface area (Å²) in [6.45, 7) is 23.3. The molecular weight excluding hydrogens is 779 g/mol. The third-order valence-corrected chi connectivity index (χ3v) is 22.4. The molecule has 7 aliphatic carbocycles. The highest BCUT2D eigenvalue weighted by Gasteiger charge is 2.72. The van der Waals surface area contributed by atoms with Gasteiger partial charge in [0.05, 0.1) is 29.9 Å². The first-order chi connectivity index (χ1) is 28.0. The topological polar surface area (TPSA) is 151 Å². The van der Waals surface area contributed by atoms with Crippen LogP contribution in [0.3, 0.4) is 0 Å². The van der Waals surface area contributed by atoms with Gasteiger partial charge in [0, 0.05) is 43.2 Å². The van der Waals surface area contributed by atoms with Crippen molar-refractivity contribution in [1.29, 1.82) is 0 Å². The van der Waals surface area contributed by atoms with Crippen molar-refractivity contribution in [3.8, 4) is 0 Å². The van der Waals surface area contributed by atoms with E-state index >= 15 is 0 Å². The second-order valence-corrected chi connectivity index (χ2v) is 26.1. The monoisotopic (exact) mass is 858 g/mol. The molecule has 13 atom stereocenters. The zero-order valence-electron chi connectivity index (χ0n) is 38.5. The summed E-state index contributed by atoms with van der Waals surface area (Å²) in [6, 6.07) is -0.0214. The molecule has 12 heteroatoms. The average Bonchev–Trinajstić information content (AvgIpc) is 3.79. The fraction of sp³-hybridized carbons (Fsp3) is 0.938. The summed E-state index contributed by atoms with van der Waals surface area (Å²) >= 11 is 0. The van der Waals surface area contributed by atoms with E-state index in [9.17, 15) is 27.9 Å². The van der Waals surface area contributed by atoms with E-state index in [-0.39, 0.29) is 62.7 Å². The van der Waals surface area contributed by atoms with Gasteiger partial charge in [-0.15, -0.1) is 0 Å². The lowest BCUT2D eigenvalue weighted by Crippen LogP contribution is -2.69. The van der Waals surface area contributed by atoms with Crippen molar-refractivity contribution in [2.24, 2.45) is 73.9 Å².